The molecular formula is C16H26N2O3. The Morgan fingerprint density at radius 2 is 2.24 bits per heavy atom. The highest BCUT2D eigenvalue weighted by Gasteiger charge is 2.28. The summed E-state index contributed by atoms with van der Waals surface area (Å²) in [4.78, 5) is 28.0. The predicted molar refractivity (Wildman–Crippen MR) is 80.5 cm³/mol. The summed E-state index contributed by atoms with van der Waals surface area (Å²) in [5, 5.41) is 0. The van der Waals surface area contributed by atoms with Crippen molar-refractivity contribution in [1.82, 2.24) is 9.80 Å². The van der Waals surface area contributed by atoms with Crippen LogP contribution in [0.5, 0.6) is 0 Å². The van der Waals surface area contributed by atoms with E-state index >= 15 is 0 Å². The summed E-state index contributed by atoms with van der Waals surface area (Å²) >= 11 is 0. The number of carbonyl (C=O) groups is 2. The number of ether oxygens (including phenoxy) is 1. The Hall–Kier alpha value is -1.36. The van der Waals surface area contributed by atoms with Gasteiger partial charge in [0.1, 0.15) is 0 Å². The maximum absolute atomic E-state index is 12.3. The van der Waals surface area contributed by atoms with Gasteiger partial charge in [-0.2, -0.15) is 0 Å². The molecule has 118 valence electrons. The number of hydrogen-bond acceptors (Lipinski definition) is 4. The molecule has 1 saturated heterocycles. The lowest BCUT2D eigenvalue weighted by molar-refractivity contribution is -0.150. The van der Waals surface area contributed by atoms with Crippen molar-refractivity contribution in [3.63, 3.8) is 0 Å². The molecule has 0 bridgehead atoms. The summed E-state index contributed by atoms with van der Waals surface area (Å²) in [5.74, 6) is -0.0864. The molecule has 5 nitrogen and oxygen atoms in total. The van der Waals surface area contributed by atoms with Crippen LogP contribution in [0.25, 0.3) is 0 Å². The SMILES string of the molecule is CCOC(=O)[C@H]1CCCN(CC(=O)N(C)C2=CCCC2)C1. The van der Waals surface area contributed by atoms with Crippen LogP contribution in [0.4, 0.5) is 0 Å². The topological polar surface area (TPSA) is 49.9 Å². The number of rotatable bonds is 5. The van der Waals surface area contributed by atoms with Gasteiger partial charge in [0.2, 0.25) is 5.91 Å². The summed E-state index contributed by atoms with van der Waals surface area (Å²) in [6, 6.07) is 0. The third kappa shape index (κ3) is 4.30. The van der Waals surface area contributed by atoms with Gasteiger partial charge in [0.05, 0.1) is 19.1 Å². The molecule has 2 aliphatic rings. The Labute approximate surface area is 126 Å². The van der Waals surface area contributed by atoms with Gasteiger partial charge >= 0.3 is 5.97 Å². The molecule has 0 aromatic carbocycles. The highest BCUT2D eigenvalue weighted by Crippen LogP contribution is 2.21. The fraction of sp³-hybridized carbons (Fsp3) is 0.750. The van der Waals surface area contributed by atoms with Crippen LogP contribution in [0.3, 0.4) is 0 Å². The third-order valence-corrected chi connectivity index (χ3v) is 4.31. The first kappa shape index (κ1) is 16.0. The summed E-state index contributed by atoms with van der Waals surface area (Å²) in [6.07, 6.45) is 7.17. The maximum atomic E-state index is 12.3. The van der Waals surface area contributed by atoms with E-state index in [1.807, 2.05) is 14.0 Å². The van der Waals surface area contributed by atoms with Gasteiger partial charge in [-0.25, -0.2) is 0 Å². The molecular weight excluding hydrogens is 268 g/mol. The Bertz CT molecular complexity index is 420. The quantitative estimate of drug-likeness (QED) is 0.725. The zero-order chi connectivity index (χ0) is 15.2. The van der Waals surface area contributed by atoms with E-state index in [1.54, 1.807) is 4.90 Å². The van der Waals surface area contributed by atoms with E-state index in [4.69, 9.17) is 4.74 Å². The normalized spacial score (nSPS) is 22.8. The lowest BCUT2D eigenvalue weighted by Crippen LogP contribution is -2.44. The summed E-state index contributed by atoms with van der Waals surface area (Å²) in [5.41, 5.74) is 1.14. The minimum atomic E-state index is -0.124. The number of allylic oxidation sites excluding steroid dienone is 2. The maximum Gasteiger partial charge on any atom is 0.310 e. The molecule has 0 aromatic heterocycles. The average molecular weight is 294 g/mol. The molecule has 0 unspecified atom stereocenters. The second-order valence-corrected chi connectivity index (χ2v) is 5.87. The molecule has 0 spiro atoms. The van der Waals surface area contributed by atoms with Crippen molar-refractivity contribution < 1.29 is 14.3 Å². The largest absolute Gasteiger partial charge is 0.466 e. The molecule has 2 rings (SSSR count). The third-order valence-electron chi connectivity index (χ3n) is 4.31. The first-order valence-corrected chi connectivity index (χ1v) is 7.96. The van der Waals surface area contributed by atoms with E-state index in [-0.39, 0.29) is 17.8 Å². The first-order valence-electron chi connectivity index (χ1n) is 7.96. The predicted octanol–water partition coefficient (Wildman–Crippen LogP) is 1.79. The summed E-state index contributed by atoms with van der Waals surface area (Å²) in [7, 11) is 1.85. The van der Waals surface area contributed by atoms with E-state index in [1.165, 1.54) is 0 Å². The number of esters is 1. The van der Waals surface area contributed by atoms with Gasteiger partial charge in [-0.15, -0.1) is 0 Å². The number of hydrogen-bond donors (Lipinski definition) is 0. The molecule has 1 heterocycles. The molecule has 1 aliphatic heterocycles. The first-order chi connectivity index (χ1) is 10.1. The zero-order valence-electron chi connectivity index (χ0n) is 13.1. The average Bonchev–Trinajstić information content (AvgIpc) is 3.01. The Balaban J connectivity index is 1.84. The van der Waals surface area contributed by atoms with Gasteiger partial charge in [-0.3, -0.25) is 14.5 Å². The second-order valence-electron chi connectivity index (χ2n) is 5.87. The fourth-order valence-corrected chi connectivity index (χ4v) is 3.07. The van der Waals surface area contributed by atoms with Gasteiger partial charge in [0.25, 0.3) is 0 Å². The van der Waals surface area contributed by atoms with Gasteiger partial charge in [0, 0.05) is 19.3 Å². The summed E-state index contributed by atoms with van der Waals surface area (Å²) < 4.78 is 5.09. The Morgan fingerprint density at radius 3 is 2.90 bits per heavy atom. The number of likely N-dealkylation sites (N-methyl/N-ethyl adjacent to an activating group) is 1. The van der Waals surface area contributed by atoms with Gasteiger partial charge in [0.15, 0.2) is 0 Å². The summed E-state index contributed by atoms with van der Waals surface area (Å²) in [6.45, 7) is 4.16. The van der Waals surface area contributed by atoms with E-state index in [2.05, 4.69) is 11.0 Å². The molecule has 0 saturated carbocycles. The minimum absolute atomic E-state index is 0.0810. The molecule has 5 heteroatoms. The lowest BCUT2D eigenvalue weighted by atomic mass is 9.98. The van der Waals surface area contributed by atoms with Gasteiger partial charge in [-0.1, -0.05) is 6.08 Å². The van der Waals surface area contributed by atoms with E-state index < -0.39 is 0 Å². The smallest absolute Gasteiger partial charge is 0.310 e. The van der Waals surface area contributed by atoms with Crippen LogP contribution in [0.15, 0.2) is 11.8 Å². The Morgan fingerprint density at radius 1 is 1.43 bits per heavy atom. The van der Waals surface area contributed by atoms with Crippen LogP contribution < -0.4 is 0 Å². The van der Waals surface area contributed by atoms with Crippen LogP contribution in [0.2, 0.25) is 0 Å². The van der Waals surface area contributed by atoms with Crippen LogP contribution >= 0.6 is 0 Å². The molecule has 1 fully saturated rings. The van der Waals surface area contributed by atoms with Crippen molar-refractivity contribution in [2.75, 3.05) is 33.3 Å². The van der Waals surface area contributed by atoms with E-state index in [0.29, 0.717) is 19.7 Å². The van der Waals surface area contributed by atoms with Crippen molar-refractivity contribution in [2.45, 2.75) is 39.0 Å². The number of likely N-dealkylation sites (tertiary alicyclic amines) is 1. The lowest BCUT2D eigenvalue weighted by Gasteiger charge is -2.32. The monoisotopic (exact) mass is 294 g/mol. The second kappa shape index (κ2) is 7.59. The van der Waals surface area contributed by atoms with Crippen molar-refractivity contribution in [1.29, 1.82) is 0 Å². The zero-order valence-corrected chi connectivity index (χ0v) is 13.1. The standard InChI is InChI=1S/C16H26N2O3/c1-3-21-16(20)13-7-6-10-18(11-13)12-15(19)17(2)14-8-4-5-9-14/h8,13H,3-7,9-12H2,1-2H3/t13-/m0/s1. The van der Waals surface area contributed by atoms with E-state index in [0.717, 1.165) is 44.3 Å². The minimum Gasteiger partial charge on any atom is -0.466 e. The molecule has 1 amide bonds. The molecule has 1 atom stereocenters. The number of piperidine rings is 1. The fourth-order valence-electron chi connectivity index (χ4n) is 3.07. The van der Waals surface area contributed by atoms with Crippen LogP contribution in [0.1, 0.15) is 39.0 Å². The molecule has 0 aromatic rings. The van der Waals surface area contributed by atoms with Gasteiger partial charge in [-0.05, 0) is 45.6 Å². The number of amides is 1. The van der Waals surface area contributed by atoms with Crippen molar-refractivity contribution in [3.8, 4) is 0 Å². The molecule has 0 radical (unpaired) electrons. The van der Waals surface area contributed by atoms with Gasteiger partial charge < -0.3 is 9.64 Å². The highest BCUT2D eigenvalue weighted by molar-refractivity contribution is 5.80. The number of carbonyl (C=O) groups excluding carboxylic acids is 2. The number of nitrogens with zero attached hydrogens (tertiary/aromatic N) is 2. The van der Waals surface area contributed by atoms with E-state index in [9.17, 15) is 9.59 Å². The molecule has 1 aliphatic carbocycles. The van der Waals surface area contributed by atoms with Crippen LogP contribution in [-0.2, 0) is 14.3 Å². The van der Waals surface area contributed by atoms with Crippen molar-refractivity contribution >= 4 is 11.9 Å². The molecule has 21 heavy (non-hydrogen) atoms. The van der Waals surface area contributed by atoms with Crippen molar-refractivity contribution in [2.24, 2.45) is 5.92 Å². The Kier molecular flexibility index (Phi) is 5.79. The molecule has 0 N–H and O–H groups in total. The van der Waals surface area contributed by atoms with Crippen molar-refractivity contribution in [3.05, 3.63) is 11.8 Å². The highest BCUT2D eigenvalue weighted by atomic mass is 16.5. The van der Waals surface area contributed by atoms with Crippen LogP contribution in [0, 0.1) is 5.92 Å². The van der Waals surface area contributed by atoms with Crippen LogP contribution in [-0.4, -0.2) is 55.0 Å².